The van der Waals surface area contributed by atoms with Crippen LogP contribution in [0.3, 0.4) is 0 Å². The van der Waals surface area contributed by atoms with E-state index in [2.05, 4.69) is 25.7 Å². The maximum Gasteiger partial charge on any atom is 0.127 e. The molecule has 0 spiro atoms. The van der Waals surface area contributed by atoms with Gasteiger partial charge >= 0.3 is 0 Å². The second-order valence-corrected chi connectivity index (χ2v) is 4.82. The van der Waals surface area contributed by atoms with Gasteiger partial charge in [-0.1, -0.05) is 20.8 Å². The monoisotopic (exact) mass is 227 g/mol. The molecule has 0 amide bonds. The van der Waals surface area contributed by atoms with E-state index >= 15 is 0 Å². The molecule has 16 heavy (non-hydrogen) atoms. The van der Waals surface area contributed by atoms with Crippen LogP contribution in [-0.2, 0) is 9.53 Å². The van der Waals surface area contributed by atoms with Crippen LogP contribution >= 0.6 is 0 Å². The molecule has 0 bridgehead atoms. The van der Waals surface area contributed by atoms with Gasteiger partial charge in [0.1, 0.15) is 6.29 Å². The molecule has 0 aromatic heterocycles. The third-order valence-electron chi connectivity index (χ3n) is 3.87. The molecule has 94 valence electrons. The lowest BCUT2D eigenvalue weighted by Crippen LogP contribution is -2.47. The van der Waals surface area contributed by atoms with E-state index in [0.717, 1.165) is 51.8 Å². The van der Waals surface area contributed by atoms with Crippen molar-refractivity contribution in [2.75, 3.05) is 26.2 Å². The van der Waals surface area contributed by atoms with Crippen LogP contribution < -0.4 is 0 Å². The van der Waals surface area contributed by atoms with Crippen LogP contribution in [-0.4, -0.2) is 43.5 Å². The van der Waals surface area contributed by atoms with Gasteiger partial charge in [0.2, 0.25) is 0 Å². The third kappa shape index (κ3) is 3.29. The summed E-state index contributed by atoms with van der Waals surface area (Å²) in [6, 6.07) is 0. The summed E-state index contributed by atoms with van der Waals surface area (Å²) in [6.07, 6.45) is 4.43. The van der Waals surface area contributed by atoms with Crippen LogP contribution in [0.5, 0.6) is 0 Å². The van der Waals surface area contributed by atoms with Crippen molar-refractivity contribution < 1.29 is 9.53 Å². The molecule has 1 saturated heterocycles. The molecule has 1 rings (SSSR count). The van der Waals surface area contributed by atoms with Crippen LogP contribution in [0.1, 0.15) is 40.0 Å². The summed E-state index contributed by atoms with van der Waals surface area (Å²) in [4.78, 5) is 13.6. The normalized spacial score (nSPS) is 23.3. The zero-order valence-corrected chi connectivity index (χ0v) is 10.9. The summed E-state index contributed by atoms with van der Waals surface area (Å²) in [5, 5.41) is 0. The zero-order valence-electron chi connectivity index (χ0n) is 10.9. The summed E-state index contributed by atoms with van der Waals surface area (Å²) in [5.41, 5.74) is -0.143. The Kier molecular flexibility index (Phi) is 5.42. The van der Waals surface area contributed by atoms with Crippen molar-refractivity contribution >= 4 is 6.29 Å². The highest BCUT2D eigenvalue weighted by Crippen LogP contribution is 2.26. The minimum Gasteiger partial charge on any atom is -0.376 e. The second-order valence-electron chi connectivity index (χ2n) is 4.82. The molecule has 0 N–H and O–H groups in total. The molecule has 1 fully saturated rings. The molecule has 1 unspecified atom stereocenters. The molecular weight excluding hydrogens is 202 g/mol. The van der Waals surface area contributed by atoms with E-state index in [4.69, 9.17) is 4.74 Å². The fourth-order valence-electron chi connectivity index (χ4n) is 2.29. The Morgan fingerprint density at radius 3 is 2.56 bits per heavy atom. The molecule has 0 aliphatic carbocycles. The maximum absolute atomic E-state index is 11.3. The number of rotatable bonds is 6. The van der Waals surface area contributed by atoms with E-state index in [0.29, 0.717) is 6.10 Å². The fourth-order valence-corrected chi connectivity index (χ4v) is 2.29. The smallest absolute Gasteiger partial charge is 0.127 e. The van der Waals surface area contributed by atoms with Gasteiger partial charge in [0.05, 0.1) is 12.7 Å². The molecular formula is C13H25NO2. The number of carbonyl (C=O) groups is 1. The quantitative estimate of drug-likeness (QED) is 0.651. The van der Waals surface area contributed by atoms with Gasteiger partial charge in [-0.3, -0.25) is 4.90 Å². The van der Waals surface area contributed by atoms with Gasteiger partial charge in [-0.2, -0.15) is 0 Å². The first-order valence-electron chi connectivity index (χ1n) is 6.50. The Bertz CT molecular complexity index is 214. The van der Waals surface area contributed by atoms with E-state index in [1.165, 1.54) is 0 Å². The Hall–Kier alpha value is -0.410. The summed E-state index contributed by atoms with van der Waals surface area (Å²) in [6.45, 7) is 10.0. The molecule has 0 aromatic rings. The van der Waals surface area contributed by atoms with E-state index in [1.54, 1.807) is 0 Å². The minimum atomic E-state index is -0.143. The first kappa shape index (κ1) is 13.7. The van der Waals surface area contributed by atoms with Crippen molar-refractivity contribution in [1.29, 1.82) is 0 Å². The van der Waals surface area contributed by atoms with Crippen LogP contribution in [0.2, 0.25) is 0 Å². The Balaban J connectivity index is 2.54. The molecule has 1 aliphatic heterocycles. The van der Waals surface area contributed by atoms with Crippen LogP contribution in [0.15, 0.2) is 0 Å². The SMILES string of the molecule is CCC1CN(CC(C=O)(CC)CC)CCO1. The molecule has 0 aromatic carbocycles. The number of morpholine rings is 1. The largest absolute Gasteiger partial charge is 0.376 e. The van der Waals surface area contributed by atoms with Crippen molar-refractivity contribution in [2.45, 2.75) is 46.1 Å². The average molecular weight is 227 g/mol. The molecule has 3 nitrogen and oxygen atoms in total. The number of hydrogen-bond acceptors (Lipinski definition) is 3. The summed E-state index contributed by atoms with van der Waals surface area (Å²) in [7, 11) is 0. The summed E-state index contributed by atoms with van der Waals surface area (Å²) in [5.74, 6) is 0. The average Bonchev–Trinajstić information content (AvgIpc) is 2.36. The number of nitrogens with zero attached hydrogens (tertiary/aromatic N) is 1. The van der Waals surface area contributed by atoms with Crippen LogP contribution in [0.4, 0.5) is 0 Å². The second kappa shape index (κ2) is 6.36. The molecule has 3 heteroatoms. The lowest BCUT2D eigenvalue weighted by atomic mass is 9.83. The number of hydrogen-bond donors (Lipinski definition) is 0. The van der Waals surface area contributed by atoms with Crippen molar-refractivity contribution in [3.63, 3.8) is 0 Å². The number of carbonyl (C=O) groups excluding carboxylic acids is 1. The first-order valence-corrected chi connectivity index (χ1v) is 6.50. The topological polar surface area (TPSA) is 29.5 Å². The van der Waals surface area contributed by atoms with Crippen molar-refractivity contribution in [1.82, 2.24) is 4.90 Å². The predicted octanol–water partition coefficient (Wildman–Crippen LogP) is 2.10. The highest BCUT2D eigenvalue weighted by Gasteiger charge is 2.30. The summed E-state index contributed by atoms with van der Waals surface area (Å²) >= 11 is 0. The van der Waals surface area contributed by atoms with Gasteiger partial charge in [-0.15, -0.1) is 0 Å². The lowest BCUT2D eigenvalue weighted by Gasteiger charge is -2.38. The standard InChI is InChI=1S/C13H25NO2/c1-4-12-9-14(7-8-16-12)10-13(5-2,6-3)11-15/h11-12H,4-10H2,1-3H3. The summed E-state index contributed by atoms with van der Waals surface area (Å²) < 4.78 is 5.64. The van der Waals surface area contributed by atoms with Gasteiger partial charge in [-0.05, 0) is 19.3 Å². The zero-order chi connectivity index (χ0) is 12.0. The minimum absolute atomic E-state index is 0.143. The molecule has 1 aliphatic rings. The number of aldehydes is 1. The van der Waals surface area contributed by atoms with Crippen LogP contribution in [0.25, 0.3) is 0 Å². The Labute approximate surface area is 99.1 Å². The highest BCUT2D eigenvalue weighted by molar-refractivity contribution is 5.59. The van der Waals surface area contributed by atoms with Gasteiger partial charge in [0, 0.05) is 25.0 Å². The highest BCUT2D eigenvalue weighted by atomic mass is 16.5. The van der Waals surface area contributed by atoms with Crippen molar-refractivity contribution in [3.8, 4) is 0 Å². The van der Waals surface area contributed by atoms with E-state index in [-0.39, 0.29) is 5.41 Å². The third-order valence-corrected chi connectivity index (χ3v) is 3.87. The van der Waals surface area contributed by atoms with Crippen LogP contribution in [0, 0.1) is 5.41 Å². The maximum atomic E-state index is 11.3. The van der Waals surface area contributed by atoms with Gasteiger partial charge < -0.3 is 9.53 Å². The lowest BCUT2D eigenvalue weighted by molar-refractivity contribution is -0.119. The van der Waals surface area contributed by atoms with Gasteiger partial charge in [0.25, 0.3) is 0 Å². The van der Waals surface area contributed by atoms with E-state index in [9.17, 15) is 4.79 Å². The molecule has 0 radical (unpaired) electrons. The molecule has 0 saturated carbocycles. The van der Waals surface area contributed by atoms with Gasteiger partial charge in [0.15, 0.2) is 0 Å². The molecule has 1 atom stereocenters. The van der Waals surface area contributed by atoms with E-state index < -0.39 is 0 Å². The molecule has 1 heterocycles. The van der Waals surface area contributed by atoms with Gasteiger partial charge in [-0.25, -0.2) is 0 Å². The fraction of sp³-hybridized carbons (Fsp3) is 0.923. The first-order chi connectivity index (χ1) is 7.69. The van der Waals surface area contributed by atoms with Crippen molar-refractivity contribution in [2.24, 2.45) is 5.41 Å². The van der Waals surface area contributed by atoms with Crippen molar-refractivity contribution in [3.05, 3.63) is 0 Å². The predicted molar refractivity (Wildman–Crippen MR) is 65.6 cm³/mol. The Morgan fingerprint density at radius 2 is 2.06 bits per heavy atom. The van der Waals surface area contributed by atoms with E-state index in [1.807, 2.05) is 0 Å². The Morgan fingerprint density at radius 1 is 1.38 bits per heavy atom. The number of ether oxygens (including phenoxy) is 1.